The number of aliphatic hydroxyl groups is 1. The molecule has 0 atom stereocenters. The minimum absolute atomic E-state index is 0.158. The molecule has 2 rings (SSSR count). The number of nitrogens with zero attached hydrogens (tertiary/aromatic N) is 3. The summed E-state index contributed by atoms with van der Waals surface area (Å²) in [7, 11) is 0. The molecule has 0 amide bonds. The molecule has 0 spiro atoms. The van der Waals surface area contributed by atoms with Gasteiger partial charge in [-0.1, -0.05) is 28.4 Å². The zero-order valence-corrected chi connectivity index (χ0v) is 10.9. The Morgan fingerprint density at radius 1 is 1.28 bits per heavy atom. The van der Waals surface area contributed by atoms with Gasteiger partial charge in [0, 0.05) is 19.2 Å². The molecule has 0 saturated carbocycles. The number of rotatable bonds is 5. The summed E-state index contributed by atoms with van der Waals surface area (Å²) in [5, 5.41) is 13.3. The van der Waals surface area contributed by atoms with E-state index in [4.69, 9.17) is 32.8 Å². The predicted molar refractivity (Wildman–Crippen MR) is 67.6 cm³/mol. The van der Waals surface area contributed by atoms with Crippen LogP contribution >= 0.6 is 23.2 Å². The first-order chi connectivity index (χ1) is 8.70. The highest BCUT2D eigenvalue weighted by Crippen LogP contribution is 2.25. The molecule has 0 radical (unpaired) electrons. The largest absolute Gasteiger partial charge is 0.396 e. The van der Waals surface area contributed by atoms with Crippen LogP contribution in [-0.2, 0) is 6.42 Å². The van der Waals surface area contributed by atoms with Crippen molar-refractivity contribution >= 4 is 23.2 Å². The van der Waals surface area contributed by atoms with Crippen LogP contribution in [-0.4, -0.2) is 26.8 Å². The summed E-state index contributed by atoms with van der Waals surface area (Å²) in [6.07, 6.45) is 3.60. The number of hydrogen-bond donors (Lipinski definition) is 1. The van der Waals surface area contributed by atoms with Crippen molar-refractivity contribution in [3.05, 3.63) is 28.2 Å². The lowest BCUT2D eigenvalue weighted by Gasteiger charge is -1.97. The number of unbranched alkanes of at least 4 members (excludes halogenated alkanes) is 1. The molecule has 0 aliphatic carbocycles. The van der Waals surface area contributed by atoms with Crippen molar-refractivity contribution in [2.45, 2.75) is 19.3 Å². The molecule has 2 heterocycles. The quantitative estimate of drug-likeness (QED) is 0.856. The molecule has 0 saturated heterocycles. The topological polar surface area (TPSA) is 72.0 Å². The average molecular weight is 288 g/mol. The summed E-state index contributed by atoms with van der Waals surface area (Å²) in [5.74, 6) is 0.849. The summed E-state index contributed by atoms with van der Waals surface area (Å²) in [6.45, 7) is 0.158. The molecule has 0 aromatic carbocycles. The summed E-state index contributed by atoms with van der Waals surface area (Å²) in [5.41, 5.74) is 0.443. The molecule has 1 N–H and O–H groups in total. The molecular formula is C11H11Cl2N3O2. The fraction of sp³-hybridized carbons (Fsp3) is 0.364. The average Bonchev–Trinajstić information content (AvgIpc) is 2.78. The molecule has 96 valence electrons. The van der Waals surface area contributed by atoms with Crippen LogP contribution in [0.5, 0.6) is 0 Å². The fourth-order valence-corrected chi connectivity index (χ4v) is 1.88. The first-order valence-corrected chi connectivity index (χ1v) is 6.21. The Hall–Kier alpha value is -1.17. The van der Waals surface area contributed by atoms with Gasteiger partial charge in [-0.05, 0) is 18.9 Å². The Morgan fingerprint density at radius 2 is 2.11 bits per heavy atom. The van der Waals surface area contributed by atoms with Crippen molar-refractivity contribution in [1.29, 1.82) is 0 Å². The Labute approximate surface area is 114 Å². The summed E-state index contributed by atoms with van der Waals surface area (Å²) in [6, 6.07) is 1.58. The van der Waals surface area contributed by atoms with Gasteiger partial charge in [-0.15, -0.1) is 0 Å². The van der Waals surface area contributed by atoms with E-state index >= 15 is 0 Å². The Balaban J connectivity index is 2.13. The van der Waals surface area contributed by atoms with Crippen LogP contribution in [0.4, 0.5) is 0 Å². The van der Waals surface area contributed by atoms with Crippen molar-refractivity contribution in [3.8, 4) is 11.5 Å². The van der Waals surface area contributed by atoms with Crippen LogP contribution in [0.3, 0.4) is 0 Å². The van der Waals surface area contributed by atoms with Crippen molar-refractivity contribution < 1.29 is 9.63 Å². The lowest BCUT2D eigenvalue weighted by atomic mass is 10.2. The van der Waals surface area contributed by atoms with Gasteiger partial charge < -0.3 is 9.63 Å². The third kappa shape index (κ3) is 3.19. The van der Waals surface area contributed by atoms with E-state index < -0.39 is 0 Å². The SMILES string of the molecule is OCCCCc1nc(-c2ncc(Cl)cc2Cl)no1. The first kappa shape index (κ1) is 13.3. The zero-order chi connectivity index (χ0) is 13.0. The molecule has 7 heteroatoms. The van der Waals surface area contributed by atoms with Crippen LogP contribution in [0.2, 0.25) is 10.0 Å². The molecule has 0 bridgehead atoms. The van der Waals surface area contributed by atoms with E-state index in [-0.39, 0.29) is 6.61 Å². The second-order valence-corrected chi connectivity index (χ2v) is 4.52. The van der Waals surface area contributed by atoms with Gasteiger partial charge in [0.1, 0.15) is 5.69 Å². The fourth-order valence-electron chi connectivity index (χ4n) is 1.42. The first-order valence-electron chi connectivity index (χ1n) is 5.45. The van der Waals surface area contributed by atoms with Crippen LogP contribution in [0.15, 0.2) is 16.8 Å². The standard InChI is InChI=1S/C11H11Cl2N3O2/c12-7-5-8(13)10(14-6-7)11-15-9(18-16-11)3-1-2-4-17/h5-6,17H,1-4H2. The van der Waals surface area contributed by atoms with Gasteiger partial charge in [0.25, 0.3) is 0 Å². The maximum absolute atomic E-state index is 8.68. The number of hydrogen-bond acceptors (Lipinski definition) is 5. The van der Waals surface area contributed by atoms with Crippen molar-refractivity contribution in [2.24, 2.45) is 0 Å². The van der Waals surface area contributed by atoms with Crippen LogP contribution in [0.1, 0.15) is 18.7 Å². The number of aliphatic hydroxyl groups excluding tert-OH is 1. The van der Waals surface area contributed by atoms with Gasteiger partial charge in [-0.2, -0.15) is 4.98 Å². The summed E-state index contributed by atoms with van der Waals surface area (Å²) in [4.78, 5) is 8.26. The van der Waals surface area contributed by atoms with Gasteiger partial charge in [0.15, 0.2) is 0 Å². The van der Waals surface area contributed by atoms with E-state index in [1.54, 1.807) is 6.07 Å². The predicted octanol–water partition coefficient (Wildman–Crippen LogP) is 2.75. The lowest BCUT2D eigenvalue weighted by Crippen LogP contribution is -1.90. The Bertz CT molecular complexity index is 531. The highest BCUT2D eigenvalue weighted by Gasteiger charge is 2.13. The molecule has 0 aliphatic rings. The number of pyridine rings is 1. The third-order valence-electron chi connectivity index (χ3n) is 2.29. The second-order valence-electron chi connectivity index (χ2n) is 3.68. The maximum atomic E-state index is 8.68. The van der Waals surface area contributed by atoms with Crippen LogP contribution in [0, 0.1) is 0 Å². The van der Waals surface area contributed by atoms with Gasteiger partial charge >= 0.3 is 0 Å². The zero-order valence-electron chi connectivity index (χ0n) is 9.44. The molecule has 2 aromatic rings. The van der Waals surface area contributed by atoms with E-state index in [2.05, 4.69) is 15.1 Å². The third-order valence-corrected chi connectivity index (χ3v) is 2.78. The van der Waals surface area contributed by atoms with E-state index in [1.807, 2.05) is 0 Å². The van der Waals surface area contributed by atoms with Gasteiger partial charge in [0.05, 0.1) is 10.0 Å². The highest BCUT2D eigenvalue weighted by molar-refractivity contribution is 6.35. The van der Waals surface area contributed by atoms with Crippen LogP contribution in [0.25, 0.3) is 11.5 Å². The summed E-state index contributed by atoms with van der Waals surface area (Å²) < 4.78 is 5.08. The molecular weight excluding hydrogens is 277 g/mol. The smallest absolute Gasteiger partial charge is 0.227 e. The molecule has 0 fully saturated rings. The molecule has 2 aromatic heterocycles. The maximum Gasteiger partial charge on any atom is 0.227 e. The number of aromatic nitrogens is 3. The van der Waals surface area contributed by atoms with Crippen molar-refractivity contribution in [1.82, 2.24) is 15.1 Å². The van der Waals surface area contributed by atoms with E-state index in [0.29, 0.717) is 40.3 Å². The van der Waals surface area contributed by atoms with Gasteiger partial charge in [0.2, 0.25) is 11.7 Å². The molecule has 0 unspecified atom stereocenters. The lowest BCUT2D eigenvalue weighted by molar-refractivity contribution is 0.281. The minimum atomic E-state index is 0.158. The highest BCUT2D eigenvalue weighted by atomic mass is 35.5. The van der Waals surface area contributed by atoms with E-state index in [9.17, 15) is 0 Å². The molecule has 18 heavy (non-hydrogen) atoms. The van der Waals surface area contributed by atoms with E-state index in [1.165, 1.54) is 6.20 Å². The van der Waals surface area contributed by atoms with Crippen molar-refractivity contribution in [3.63, 3.8) is 0 Å². The second kappa shape index (κ2) is 6.13. The van der Waals surface area contributed by atoms with Crippen LogP contribution < -0.4 is 0 Å². The normalized spacial score (nSPS) is 10.8. The molecule has 5 nitrogen and oxygen atoms in total. The molecule has 0 aliphatic heterocycles. The minimum Gasteiger partial charge on any atom is -0.396 e. The Kier molecular flexibility index (Phi) is 4.52. The van der Waals surface area contributed by atoms with E-state index in [0.717, 1.165) is 6.42 Å². The summed E-state index contributed by atoms with van der Waals surface area (Å²) >= 11 is 11.8. The Morgan fingerprint density at radius 3 is 2.83 bits per heavy atom. The number of halogens is 2. The van der Waals surface area contributed by atoms with Gasteiger partial charge in [-0.3, -0.25) is 0 Å². The number of aryl methyl sites for hydroxylation is 1. The van der Waals surface area contributed by atoms with Gasteiger partial charge in [-0.25, -0.2) is 4.98 Å². The van der Waals surface area contributed by atoms with Crippen molar-refractivity contribution in [2.75, 3.05) is 6.61 Å². The monoisotopic (exact) mass is 287 g/mol.